The van der Waals surface area contributed by atoms with Crippen LogP contribution in [0.15, 0.2) is 42.7 Å². The summed E-state index contributed by atoms with van der Waals surface area (Å²) in [4.78, 5) is 3.93. The van der Waals surface area contributed by atoms with Crippen molar-refractivity contribution in [2.24, 2.45) is 0 Å². The summed E-state index contributed by atoms with van der Waals surface area (Å²) < 4.78 is 5.08. The van der Waals surface area contributed by atoms with E-state index >= 15 is 0 Å². The van der Waals surface area contributed by atoms with Gasteiger partial charge in [-0.2, -0.15) is 0 Å². The molecule has 0 aliphatic rings. The molecule has 2 rings (SSSR count). The summed E-state index contributed by atoms with van der Waals surface area (Å²) in [5.41, 5.74) is 8.20. The van der Waals surface area contributed by atoms with Crippen LogP contribution in [0.2, 0.25) is 0 Å². The molecule has 1 aromatic carbocycles. The van der Waals surface area contributed by atoms with E-state index in [1.807, 2.05) is 30.3 Å². The van der Waals surface area contributed by atoms with Crippen LogP contribution in [0.25, 0.3) is 0 Å². The number of pyridine rings is 1. The Morgan fingerprint density at radius 3 is 2.56 bits per heavy atom. The van der Waals surface area contributed by atoms with E-state index in [0.717, 1.165) is 17.1 Å². The van der Waals surface area contributed by atoms with E-state index in [9.17, 15) is 0 Å². The minimum absolute atomic E-state index is 0.623. The summed E-state index contributed by atoms with van der Waals surface area (Å²) in [6, 6.07) is 9.47. The lowest BCUT2D eigenvalue weighted by Gasteiger charge is -2.08. The van der Waals surface area contributed by atoms with Crippen molar-refractivity contribution in [3.05, 3.63) is 42.7 Å². The standard InChI is InChI=1S/C12H13N3O/c1-16-10-4-2-9(3-5-10)15-12-6-7-14-8-11(12)13/h2-8H,13H2,1H3,(H,14,15). The number of benzene rings is 1. The van der Waals surface area contributed by atoms with Crippen molar-refractivity contribution >= 4 is 17.1 Å². The molecular weight excluding hydrogens is 202 g/mol. The maximum absolute atomic E-state index is 5.77. The van der Waals surface area contributed by atoms with Gasteiger partial charge in [-0.1, -0.05) is 0 Å². The summed E-state index contributed by atoms with van der Waals surface area (Å²) in [6.07, 6.45) is 3.31. The highest BCUT2D eigenvalue weighted by atomic mass is 16.5. The monoisotopic (exact) mass is 215 g/mol. The molecule has 0 unspecified atom stereocenters. The van der Waals surface area contributed by atoms with Crippen molar-refractivity contribution in [2.75, 3.05) is 18.2 Å². The second-order valence-electron chi connectivity index (χ2n) is 3.32. The van der Waals surface area contributed by atoms with Crippen LogP contribution in [0.3, 0.4) is 0 Å². The predicted molar refractivity (Wildman–Crippen MR) is 64.9 cm³/mol. The van der Waals surface area contributed by atoms with Gasteiger partial charge in [0, 0.05) is 11.9 Å². The average Bonchev–Trinajstić information content (AvgIpc) is 2.33. The molecule has 0 radical (unpaired) electrons. The summed E-state index contributed by atoms with van der Waals surface area (Å²) in [7, 11) is 1.64. The molecule has 0 bridgehead atoms. The van der Waals surface area contributed by atoms with Gasteiger partial charge in [0.25, 0.3) is 0 Å². The third-order valence-electron chi connectivity index (χ3n) is 2.22. The molecule has 0 saturated heterocycles. The molecule has 82 valence electrons. The molecule has 16 heavy (non-hydrogen) atoms. The van der Waals surface area contributed by atoms with E-state index < -0.39 is 0 Å². The van der Waals surface area contributed by atoms with Crippen molar-refractivity contribution < 1.29 is 4.74 Å². The van der Waals surface area contributed by atoms with Crippen LogP contribution in [-0.4, -0.2) is 12.1 Å². The van der Waals surface area contributed by atoms with Gasteiger partial charge >= 0.3 is 0 Å². The van der Waals surface area contributed by atoms with Gasteiger partial charge in [-0.05, 0) is 30.3 Å². The number of hydrogen-bond donors (Lipinski definition) is 2. The Labute approximate surface area is 94.1 Å². The number of anilines is 3. The molecular formula is C12H13N3O. The lowest BCUT2D eigenvalue weighted by molar-refractivity contribution is 0.415. The first-order valence-corrected chi connectivity index (χ1v) is 4.90. The molecule has 4 nitrogen and oxygen atoms in total. The molecule has 1 aromatic heterocycles. The molecule has 0 spiro atoms. The minimum atomic E-state index is 0.623. The molecule has 0 amide bonds. The molecule has 1 heterocycles. The first-order chi connectivity index (χ1) is 7.79. The highest BCUT2D eigenvalue weighted by Gasteiger charge is 1.98. The summed E-state index contributed by atoms with van der Waals surface area (Å²) in [6.45, 7) is 0. The predicted octanol–water partition coefficient (Wildman–Crippen LogP) is 2.42. The number of hydrogen-bond acceptors (Lipinski definition) is 4. The van der Waals surface area contributed by atoms with Gasteiger partial charge in [0.05, 0.1) is 24.7 Å². The number of nitrogens with two attached hydrogens (primary N) is 1. The van der Waals surface area contributed by atoms with Crippen LogP contribution in [-0.2, 0) is 0 Å². The smallest absolute Gasteiger partial charge is 0.119 e. The summed E-state index contributed by atoms with van der Waals surface area (Å²) >= 11 is 0. The topological polar surface area (TPSA) is 60.2 Å². The van der Waals surface area contributed by atoms with Crippen LogP contribution < -0.4 is 15.8 Å². The van der Waals surface area contributed by atoms with E-state index in [0.29, 0.717) is 5.69 Å². The maximum atomic E-state index is 5.77. The van der Waals surface area contributed by atoms with Crippen molar-refractivity contribution in [1.29, 1.82) is 0 Å². The Hall–Kier alpha value is -2.23. The second kappa shape index (κ2) is 4.53. The molecule has 3 N–H and O–H groups in total. The molecule has 4 heteroatoms. The molecule has 0 aliphatic heterocycles. The fourth-order valence-electron chi connectivity index (χ4n) is 1.35. The van der Waals surface area contributed by atoms with E-state index in [2.05, 4.69) is 10.3 Å². The van der Waals surface area contributed by atoms with Crippen molar-refractivity contribution in [1.82, 2.24) is 4.98 Å². The van der Waals surface area contributed by atoms with Crippen molar-refractivity contribution in [2.45, 2.75) is 0 Å². The number of nitrogens with zero attached hydrogens (tertiary/aromatic N) is 1. The molecule has 0 atom stereocenters. The third-order valence-corrected chi connectivity index (χ3v) is 2.22. The van der Waals surface area contributed by atoms with E-state index in [1.54, 1.807) is 19.5 Å². The fraction of sp³-hybridized carbons (Fsp3) is 0.0833. The minimum Gasteiger partial charge on any atom is -0.497 e. The zero-order chi connectivity index (χ0) is 11.4. The average molecular weight is 215 g/mol. The van der Waals surface area contributed by atoms with Gasteiger partial charge in [-0.15, -0.1) is 0 Å². The number of nitrogens with one attached hydrogen (secondary N) is 1. The summed E-state index contributed by atoms with van der Waals surface area (Å²) in [5, 5.41) is 3.20. The van der Waals surface area contributed by atoms with E-state index in [4.69, 9.17) is 10.5 Å². The van der Waals surface area contributed by atoms with Gasteiger partial charge in [-0.3, -0.25) is 4.98 Å². The zero-order valence-corrected chi connectivity index (χ0v) is 8.97. The highest BCUT2D eigenvalue weighted by molar-refractivity contribution is 5.71. The second-order valence-corrected chi connectivity index (χ2v) is 3.32. The lowest BCUT2D eigenvalue weighted by atomic mass is 10.2. The van der Waals surface area contributed by atoms with Crippen molar-refractivity contribution in [3.8, 4) is 5.75 Å². The van der Waals surface area contributed by atoms with E-state index in [-0.39, 0.29) is 0 Å². The first-order valence-electron chi connectivity index (χ1n) is 4.90. The number of nitrogen functional groups attached to an aromatic ring is 1. The third kappa shape index (κ3) is 2.23. The highest BCUT2D eigenvalue weighted by Crippen LogP contribution is 2.23. The Morgan fingerprint density at radius 2 is 1.94 bits per heavy atom. The summed E-state index contributed by atoms with van der Waals surface area (Å²) in [5.74, 6) is 0.827. The van der Waals surface area contributed by atoms with Gasteiger partial charge in [0.15, 0.2) is 0 Å². The molecule has 0 aliphatic carbocycles. The van der Waals surface area contributed by atoms with Crippen molar-refractivity contribution in [3.63, 3.8) is 0 Å². The number of rotatable bonds is 3. The lowest BCUT2D eigenvalue weighted by Crippen LogP contribution is -1.96. The Kier molecular flexibility index (Phi) is 2.91. The Bertz CT molecular complexity index is 468. The van der Waals surface area contributed by atoms with Crippen LogP contribution >= 0.6 is 0 Å². The van der Waals surface area contributed by atoms with Gasteiger partial charge < -0.3 is 15.8 Å². The Balaban J connectivity index is 2.18. The van der Waals surface area contributed by atoms with Crippen LogP contribution in [0.5, 0.6) is 5.75 Å². The number of methoxy groups -OCH3 is 1. The van der Waals surface area contributed by atoms with Gasteiger partial charge in [-0.25, -0.2) is 0 Å². The molecule has 0 saturated carbocycles. The van der Waals surface area contributed by atoms with Crippen LogP contribution in [0.4, 0.5) is 17.1 Å². The van der Waals surface area contributed by atoms with Gasteiger partial charge in [0.1, 0.15) is 5.75 Å². The van der Waals surface area contributed by atoms with Crippen LogP contribution in [0, 0.1) is 0 Å². The maximum Gasteiger partial charge on any atom is 0.119 e. The number of aromatic nitrogens is 1. The van der Waals surface area contributed by atoms with E-state index in [1.165, 1.54) is 0 Å². The SMILES string of the molecule is COc1ccc(Nc2ccncc2N)cc1. The molecule has 0 fully saturated rings. The van der Waals surface area contributed by atoms with Crippen LogP contribution in [0.1, 0.15) is 0 Å². The Morgan fingerprint density at radius 1 is 1.19 bits per heavy atom. The fourth-order valence-corrected chi connectivity index (χ4v) is 1.35. The zero-order valence-electron chi connectivity index (χ0n) is 8.97. The quantitative estimate of drug-likeness (QED) is 0.825. The number of ether oxygens (including phenoxy) is 1. The normalized spacial score (nSPS) is 9.81. The van der Waals surface area contributed by atoms with Gasteiger partial charge in [0.2, 0.25) is 0 Å². The molecule has 2 aromatic rings. The first kappa shape index (κ1) is 10.3. The largest absolute Gasteiger partial charge is 0.497 e.